The van der Waals surface area contributed by atoms with Gasteiger partial charge in [0.1, 0.15) is 0 Å². The maximum atomic E-state index is 12.1. The molecule has 22 heavy (non-hydrogen) atoms. The molecule has 1 aliphatic heterocycles. The fraction of sp³-hybridized carbons (Fsp3) is 0.375. The van der Waals surface area contributed by atoms with Crippen LogP contribution in [0.5, 0.6) is 0 Å². The van der Waals surface area contributed by atoms with Crippen LogP contribution >= 0.6 is 12.2 Å². The van der Waals surface area contributed by atoms with E-state index in [1.807, 2.05) is 24.3 Å². The topological polar surface area (TPSA) is 53.6 Å². The number of ether oxygens (including phenoxy) is 1. The van der Waals surface area contributed by atoms with Gasteiger partial charge in [0.05, 0.1) is 19.8 Å². The Morgan fingerprint density at radius 2 is 1.95 bits per heavy atom. The molecule has 2 N–H and O–H groups in total. The molecule has 1 aromatic carbocycles. The molecule has 0 aliphatic carbocycles. The van der Waals surface area contributed by atoms with Crippen molar-refractivity contribution in [3.63, 3.8) is 0 Å². The lowest BCUT2D eigenvalue weighted by Gasteiger charge is -2.28. The van der Waals surface area contributed by atoms with Crippen LogP contribution in [-0.4, -0.2) is 50.3 Å². The van der Waals surface area contributed by atoms with Crippen molar-refractivity contribution in [2.75, 3.05) is 44.3 Å². The standard InChI is InChI=1S/C16H21N3O2S/c1-2-7-17-16(22)18-12-15(20)13-3-5-14(6-4-13)19-8-10-21-11-9-19/h2-6H,1,7-12H2,(H2,17,18,22). The zero-order valence-corrected chi connectivity index (χ0v) is 13.3. The van der Waals surface area contributed by atoms with Crippen molar-refractivity contribution in [1.29, 1.82) is 0 Å². The van der Waals surface area contributed by atoms with E-state index in [2.05, 4.69) is 22.1 Å². The molecule has 5 nitrogen and oxygen atoms in total. The van der Waals surface area contributed by atoms with Crippen LogP contribution in [0.25, 0.3) is 0 Å². The molecule has 1 aromatic rings. The Hall–Kier alpha value is -1.92. The van der Waals surface area contributed by atoms with E-state index in [9.17, 15) is 4.79 Å². The van der Waals surface area contributed by atoms with E-state index in [0.717, 1.165) is 32.0 Å². The van der Waals surface area contributed by atoms with Gasteiger partial charge in [-0.05, 0) is 36.5 Å². The number of nitrogens with zero attached hydrogens (tertiary/aromatic N) is 1. The Labute approximate surface area is 136 Å². The highest BCUT2D eigenvalue weighted by Gasteiger charge is 2.12. The molecule has 0 bridgehead atoms. The van der Waals surface area contributed by atoms with Crippen LogP contribution in [-0.2, 0) is 4.74 Å². The molecule has 2 rings (SSSR count). The SMILES string of the molecule is C=CCNC(=S)NCC(=O)c1ccc(N2CCOCC2)cc1. The summed E-state index contributed by atoms with van der Waals surface area (Å²) in [7, 11) is 0. The second-order valence-electron chi connectivity index (χ2n) is 4.92. The summed E-state index contributed by atoms with van der Waals surface area (Å²) in [6, 6.07) is 7.67. The number of Topliss-reactive ketones (excluding diaryl/α,β-unsaturated/α-hetero) is 1. The molecule has 0 unspecified atom stereocenters. The number of morpholine rings is 1. The van der Waals surface area contributed by atoms with Crippen molar-refractivity contribution in [1.82, 2.24) is 10.6 Å². The van der Waals surface area contributed by atoms with Crippen molar-refractivity contribution < 1.29 is 9.53 Å². The number of carbonyl (C=O) groups excluding carboxylic acids is 1. The first-order valence-corrected chi connectivity index (χ1v) is 7.70. The summed E-state index contributed by atoms with van der Waals surface area (Å²) in [5.41, 5.74) is 1.80. The van der Waals surface area contributed by atoms with Gasteiger partial charge in [-0.25, -0.2) is 0 Å². The third-order valence-corrected chi connectivity index (χ3v) is 3.67. The molecule has 0 atom stereocenters. The van der Waals surface area contributed by atoms with Crippen molar-refractivity contribution >= 4 is 28.8 Å². The Bertz CT molecular complexity index is 525. The lowest BCUT2D eigenvalue weighted by molar-refractivity contribution is 0.0996. The number of benzene rings is 1. The van der Waals surface area contributed by atoms with Crippen LogP contribution in [0.1, 0.15) is 10.4 Å². The monoisotopic (exact) mass is 319 g/mol. The van der Waals surface area contributed by atoms with Gasteiger partial charge in [0.15, 0.2) is 10.9 Å². The van der Waals surface area contributed by atoms with E-state index >= 15 is 0 Å². The fourth-order valence-corrected chi connectivity index (χ4v) is 2.33. The van der Waals surface area contributed by atoms with E-state index in [1.54, 1.807) is 6.08 Å². The molecule has 6 heteroatoms. The van der Waals surface area contributed by atoms with E-state index in [1.165, 1.54) is 0 Å². The van der Waals surface area contributed by atoms with Crippen LogP contribution in [0.4, 0.5) is 5.69 Å². The second kappa shape index (κ2) is 8.51. The van der Waals surface area contributed by atoms with Gasteiger partial charge in [0, 0.05) is 30.9 Å². The molecule has 1 aliphatic rings. The average Bonchev–Trinajstić information content (AvgIpc) is 2.58. The Morgan fingerprint density at radius 1 is 1.27 bits per heavy atom. The highest BCUT2D eigenvalue weighted by molar-refractivity contribution is 7.80. The van der Waals surface area contributed by atoms with Crippen LogP contribution in [0.2, 0.25) is 0 Å². The lowest BCUT2D eigenvalue weighted by atomic mass is 10.1. The largest absolute Gasteiger partial charge is 0.378 e. The number of nitrogens with one attached hydrogen (secondary N) is 2. The van der Waals surface area contributed by atoms with E-state index in [-0.39, 0.29) is 12.3 Å². The summed E-state index contributed by atoms with van der Waals surface area (Å²) >= 11 is 5.05. The Kier molecular flexibility index (Phi) is 6.36. The summed E-state index contributed by atoms with van der Waals surface area (Å²) in [6.07, 6.45) is 1.71. The third kappa shape index (κ3) is 4.82. The summed E-state index contributed by atoms with van der Waals surface area (Å²) in [5.74, 6) is 0.0104. The van der Waals surface area contributed by atoms with Gasteiger partial charge in [-0.2, -0.15) is 0 Å². The third-order valence-electron chi connectivity index (χ3n) is 3.38. The van der Waals surface area contributed by atoms with Gasteiger partial charge in [-0.3, -0.25) is 4.79 Å². The number of ketones is 1. The first-order valence-electron chi connectivity index (χ1n) is 7.29. The minimum atomic E-state index is 0.0104. The molecule has 1 fully saturated rings. The van der Waals surface area contributed by atoms with Crippen molar-refractivity contribution in [3.05, 3.63) is 42.5 Å². The molecule has 0 spiro atoms. The number of carbonyl (C=O) groups is 1. The highest BCUT2D eigenvalue weighted by Crippen LogP contribution is 2.16. The summed E-state index contributed by atoms with van der Waals surface area (Å²) in [4.78, 5) is 14.4. The molecule has 118 valence electrons. The maximum Gasteiger partial charge on any atom is 0.181 e. The van der Waals surface area contributed by atoms with Gasteiger partial charge >= 0.3 is 0 Å². The zero-order chi connectivity index (χ0) is 15.8. The summed E-state index contributed by atoms with van der Waals surface area (Å²) in [6.45, 7) is 7.63. The minimum Gasteiger partial charge on any atom is -0.378 e. The molecule has 1 heterocycles. The predicted molar refractivity (Wildman–Crippen MR) is 92.6 cm³/mol. The zero-order valence-electron chi connectivity index (χ0n) is 12.5. The first-order chi connectivity index (χ1) is 10.7. The maximum absolute atomic E-state index is 12.1. The molecular weight excluding hydrogens is 298 g/mol. The van der Waals surface area contributed by atoms with Crippen LogP contribution in [0.3, 0.4) is 0 Å². The van der Waals surface area contributed by atoms with E-state index < -0.39 is 0 Å². The number of hydrogen-bond acceptors (Lipinski definition) is 4. The lowest BCUT2D eigenvalue weighted by Crippen LogP contribution is -2.38. The molecule has 0 aromatic heterocycles. The molecular formula is C16H21N3O2S. The Morgan fingerprint density at radius 3 is 2.59 bits per heavy atom. The smallest absolute Gasteiger partial charge is 0.181 e. The Balaban J connectivity index is 1.85. The van der Waals surface area contributed by atoms with Gasteiger partial charge in [0.25, 0.3) is 0 Å². The second-order valence-corrected chi connectivity index (χ2v) is 5.33. The van der Waals surface area contributed by atoms with E-state index in [0.29, 0.717) is 17.2 Å². The minimum absolute atomic E-state index is 0.0104. The number of hydrogen-bond donors (Lipinski definition) is 2. The predicted octanol–water partition coefficient (Wildman–Crippen LogP) is 1.36. The van der Waals surface area contributed by atoms with Crippen molar-refractivity contribution in [3.8, 4) is 0 Å². The summed E-state index contributed by atoms with van der Waals surface area (Å²) in [5, 5.41) is 6.27. The number of rotatable bonds is 6. The van der Waals surface area contributed by atoms with Gasteiger partial charge < -0.3 is 20.3 Å². The molecule has 0 amide bonds. The quantitative estimate of drug-likeness (QED) is 0.469. The number of anilines is 1. The highest BCUT2D eigenvalue weighted by atomic mass is 32.1. The van der Waals surface area contributed by atoms with Gasteiger partial charge in [0.2, 0.25) is 0 Å². The summed E-state index contributed by atoms with van der Waals surface area (Å²) < 4.78 is 5.34. The first kappa shape index (κ1) is 16.5. The van der Waals surface area contributed by atoms with Crippen LogP contribution in [0, 0.1) is 0 Å². The van der Waals surface area contributed by atoms with Crippen LogP contribution in [0.15, 0.2) is 36.9 Å². The molecule has 0 radical (unpaired) electrons. The van der Waals surface area contributed by atoms with Crippen molar-refractivity contribution in [2.45, 2.75) is 0 Å². The van der Waals surface area contributed by atoms with E-state index in [4.69, 9.17) is 17.0 Å². The molecule has 1 saturated heterocycles. The normalized spacial score (nSPS) is 14.3. The van der Waals surface area contributed by atoms with Crippen molar-refractivity contribution in [2.24, 2.45) is 0 Å². The van der Waals surface area contributed by atoms with Gasteiger partial charge in [-0.1, -0.05) is 6.08 Å². The van der Waals surface area contributed by atoms with Crippen LogP contribution < -0.4 is 15.5 Å². The number of thiocarbonyl (C=S) groups is 1. The molecule has 0 saturated carbocycles. The van der Waals surface area contributed by atoms with Gasteiger partial charge in [-0.15, -0.1) is 6.58 Å². The fourth-order valence-electron chi connectivity index (χ4n) is 2.17. The average molecular weight is 319 g/mol.